The number of hydrogen-bond acceptors (Lipinski definition) is 2. The predicted octanol–water partition coefficient (Wildman–Crippen LogP) is 1.48. The third-order valence-electron chi connectivity index (χ3n) is 2.73. The van der Waals surface area contributed by atoms with E-state index in [-0.39, 0.29) is 5.46 Å². The van der Waals surface area contributed by atoms with Crippen molar-refractivity contribution in [2.24, 2.45) is 0 Å². The van der Waals surface area contributed by atoms with Crippen LogP contribution in [0.3, 0.4) is 0 Å². The number of benzene rings is 2. The molecule has 0 atom stereocenters. The van der Waals surface area contributed by atoms with Gasteiger partial charge in [-0.1, -0.05) is 36.4 Å². The number of hydrogen-bond donors (Lipinski definition) is 2. The van der Waals surface area contributed by atoms with Gasteiger partial charge in [0.05, 0.1) is 0 Å². The van der Waals surface area contributed by atoms with Gasteiger partial charge in [0, 0.05) is 5.56 Å². The minimum atomic E-state index is -1.64. The highest BCUT2D eigenvalue weighted by Crippen LogP contribution is 2.24. The Morgan fingerprint density at radius 1 is 1.00 bits per heavy atom. The van der Waals surface area contributed by atoms with E-state index in [9.17, 15) is 4.39 Å². The zero-order chi connectivity index (χ0) is 12.4. The Bertz CT molecular complexity index is 541. The molecule has 0 amide bonds. The van der Waals surface area contributed by atoms with Gasteiger partial charge in [-0.25, -0.2) is 4.39 Å². The lowest BCUT2D eigenvalue weighted by Gasteiger charge is -2.08. The van der Waals surface area contributed by atoms with Crippen molar-refractivity contribution in [1.82, 2.24) is 0 Å². The lowest BCUT2D eigenvalue weighted by molar-refractivity contribution is 0.425. The molecule has 0 aliphatic heterocycles. The average Bonchev–Trinajstić information content (AvgIpc) is 2.30. The van der Waals surface area contributed by atoms with Crippen molar-refractivity contribution in [3.05, 3.63) is 53.8 Å². The fourth-order valence-corrected chi connectivity index (χ4v) is 1.79. The summed E-state index contributed by atoms with van der Waals surface area (Å²) in [5.41, 5.74) is 2.40. The van der Waals surface area contributed by atoms with E-state index in [4.69, 9.17) is 10.0 Å². The molecule has 0 bridgehead atoms. The molecule has 0 unspecified atom stereocenters. The summed E-state index contributed by atoms with van der Waals surface area (Å²) in [6, 6.07) is 11.7. The van der Waals surface area contributed by atoms with Crippen LogP contribution in [-0.4, -0.2) is 17.2 Å². The highest BCUT2D eigenvalue weighted by molar-refractivity contribution is 6.58. The zero-order valence-corrected chi connectivity index (χ0v) is 9.39. The summed E-state index contributed by atoms with van der Waals surface area (Å²) in [6.45, 7) is 1.91. The van der Waals surface area contributed by atoms with Gasteiger partial charge in [0.15, 0.2) is 0 Å². The molecular weight excluding hydrogens is 218 g/mol. The Kier molecular flexibility index (Phi) is 3.27. The zero-order valence-electron chi connectivity index (χ0n) is 9.39. The van der Waals surface area contributed by atoms with Gasteiger partial charge in [-0.15, -0.1) is 0 Å². The summed E-state index contributed by atoms with van der Waals surface area (Å²) in [4.78, 5) is 0. The number of aryl methyl sites for hydroxylation is 1. The molecule has 0 fully saturated rings. The first-order chi connectivity index (χ1) is 8.09. The van der Waals surface area contributed by atoms with Crippen molar-refractivity contribution in [3.63, 3.8) is 0 Å². The van der Waals surface area contributed by atoms with Gasteiger partial charge < -0.3 is 10.0 Å². The lowest BCUT2D eigenvalue weighted by Crippen LogP contribution is -2.30. The molecule has 0 aliphatic carbocycles. The Labute approximate surface area is 99.5 Å². The summed E-state index contributed by atoms with van der Waals surface area (Å²) in [6.07, 6.45) is 0. The largest absolute Gasteiger partial charge is 0.488 e. The molecular formula is C13H12BFO2. The molecule has 0 saturated heterocycles. The highest BCUT2D eigenvalue weighted by Gasteiger charge is 2.14. The molecule has 0 aliphatic rings. The quantitative estimate of drug-likeness (QED) is 0.767. The maximum atomic E-state index is 13.9. The first-order valence-corrected chi connectivity index (χ1v) is 5.31. The van der Waals surface area contributed by atoms with Crippen LogP contribution < -0.4 is 5.46 Å². The summed E-state index contributed by atoms with van der Waals surface area (Å²) >= 11 is 0. The fraction of sp³-hybridized carbons (Fsp3) is 0.0769. The average molecular weight is 230 g/mol. The predicted molar refractivity (Wildman–Crippen MR) is 66.4 cm³/mol. The molecule has 0 saturated carbocycles. The molecule has 2 aromatic rings. The highest BCUT2D eigenvalue weighted by atomic mass is 19.1. The third-order valence-corrected chi connectivity index (χ3v) is 2.73. The SMILES string of the molecule is Cc1ccccc1-c1ccc(B(O)O)cc1F. The Balaban J connectivity index is 2.51. The van der Waals surface area contributed by atoms with Crippen LogP contribution in [0.1, 0.15) is 5.56 Å². The Hall–Kier alpha value is -1.65. The second-order valence-electron chi connectivity index (χ2n) is 3.93. The van der Waals surface area contributed by atoms with Crippen LogP contribution in [0.15, 0.2) is 42.5 Å². The van der Waals surface area contributed by atoms with Crippen LogP contribution >= 0.6 is 0 Å². The van der Waals surface area contributed by atoms with Gasteiger partial charge in [0.1, 0.15) is 5.82 Å². The van der Waals surface area contributed by atoms with Crippen molar-refractivity contribution in [2.45, 2.75) is 6.92 Å². The summed E-state index contributed by atoms with van der Waals surface area (Å²) in [5.74, 6) is -0.454. The molecule has 2 nitrogen and oxygen atoms in total. The van der Waals surface area contributed by atoms with Crippen molar-refractivity contribution < 1.29 is 14.4 Å². The van der Waals surface area contributed by atoms with Crippen LogP contribution in [-0.2, 0) is 0 Å². The molecule has 17 heavy (non-hydrogen) atoms. The van der Waals surface area contributed by atoms with E-state index >= 15 is 0 Å². The van der Waals surface area contributed by atoms with Crippen LogP contribution in [0.5, 0.6) is 0 Å². The molecule has 86 valence electrons. The van der Waals surface area contributed by atoms with Crippen molar-refractivity contribution in [3.8, 4) is 11.1 Å². The minimum Gasteiger partial charge on any atom is -0.423 e. The van der Waals surface area contributed by atoms with Gasteiger partial charge in [-0.2, -0.15) is 0 Å². The first kappa shape index (κ1) is 11.8. The van der Waals surface area contributed by atoms with Crippen LogP contribution in [0.2, 0.25) is 0 Å². The summed E-state index contributed by atoms with van der Waals surface area (Å²) < 4.78 is 13.9. The maximum absolute atomic E-state index is 13.9. The van der Waals surface area contributed by atoms with Gasteiger partial charge >= 0.3 is 7.12 Å². The summed E-state index contributed by atoms with van der Waals surface area (Å²) in [5, 5.41) is 17.9. The second kappa shape index (κ2) is 4.69. The van der Waals surface area contributed by atoms with Gasteiger partial charge in [0.2, 0.25) is 0 Å². The van der Waals surface area contributed by atoms with Crippen LogP contribution in [0.25, 0.3) is 11.1 Å². The molecule has 0 aromatic heterocycles. The van der Waals surface area contributed by atoms with E-state index in [1.165, 1.54) is 6.07 Å². The molecule has 2 aromatic carbocycles. The smallest absolute Gasteiger partial charge is 0.423 e. The topological polar surface area (TPSA) is 40.5 Å². The fourth-order valence-electron chi connectivity index (χ4n) is 1.79. The van der Waals surface area contributed by atoms with E-state index in [1.807, 2.05) is 31.2 Å². The van der Waals surface area contributed by atoms with Crippen molar-refractivity contribution in [1.29, 1.82) is 0 Å². The monoisotopic (exact) mass is 230 g/mol. The van der Waals surface area contributed by atoms with Crippen LogP contribution in [0.4, 0.5) is 4.39 Å². The number of rotatable bonds is 2. The molecule has 0 spiro atoms. The molecule has 0 heterocycles. The standard InChI is InChI=1S/C13H12BFO2/c1-9-4-2-3-5-11(9)12-7-6-10(14(16)17)8-13(12)15/h2-8,16-17H,1H3. The van der Waals surface area contributed by atoms with E-state index < -0.39 is 12.9 Å². The normalized spacial score (nSPS) is 10.4. The third kappa shape index (κ3) is 2.38. The minimum absolute atomic E-state index is 0.153. The van der Waals surface area contributed by atoms with Crippen molar-refractivity contribution in [2.75, 3.05) is 0 Å². The maximum Gasteiger partial charge on any atom is 0.488 e. The van der Waals surface area contributed by atoms with Gasteiger partial charge in [0.25, 0.3) is 0 Å². The van der Waals surface area contributed by atoms with Crippen LogP contribution in [0, 0.1) is 12.7 Å². The van der Waals surface area contributed by atoms with E-state index in [0.717, 1.165) is 17.2 Å². The second-order valence-corrected chi connectivity index (χ2v) is 3.93. The molecule has 2 N–H and O–H groups in total. The van der Waals surface area contributed by atoms with Crippen molar-refractivity contribution >= 4 is 12.6 Å². The van der Waals surface area contributed by atoms with Gasteiger partial charge in [-0.05, 0) is 29.6 Å². The molecule has 4 heteroatoms. The molecule has 0 radical (unpaired) electrons. The Morgan fingerprint density at radius 3 is 2.29 bits per heavy atom. The van der Waals surface area contributed by atoms with Gasteiger partial charge in [-0.3, -0.25) is 0 Å². The lowest BCUT2D eigenvalue weighted by atomic mass is 9.79. The summed E-state index contributed by atoms with van der Waals surface area (Å²) in [7, 11) is -1.64. The Morgan fingerprint density at radius 2 is 1.71 bits per heavy atom. The van der Waals surface area contributed by atoms with E-state index in [2.05, 4.69) is 0 Å². The molecule has 2 rings (SSSR count). The number of halogens is 1. The van der Waals surface area contributed by atoms with E-state index in [0.29, 0.717) is 5.56 Å². The first-order valence-electron chi connectivity index (χ1n) is 5.31. The van der Waals surface area contributed by atoms with E-state index in [1.54, 1.807) is 6.07 Å².